The van der Waals surface area contributed by atoms with Crippen LogP contribution in [0.3, 0.4) is 0 Å². The fourth-order valence-corrected chi connectivity index (χ4v) is 3.17. The summed E-state index contributed by atoms with van der Waals surface area (Å²) in [5.41, 5.74) is 0. The summed E-state index contributed by atoms with van der Waals surface area (Å²) >= 11 is 1.53. The zero-order chi connectivity index (χ0) is 15.2. The number of anilines is 1. The van der Waals surface area contributed by atoms with Crippen LogP contribution in [0, 0.1) is 0 Å². The molecule has 5 nitrogen and oxygen atoms in total. The van der Waals surface area contributed by atoms with Gasteiger partial charge in [0.15, 0.2) is 0 Å². The quantitative estimate of drug-likeness (QED) is 0.855. The normalized spacial score (nSPS) is 17.5. The predicted molar refractivity (Wildman–Crippen MR) is 88.0 cm³/mol. The number of nitrogens with one attached hydrogen (secondary N) is 1. The van der Waals surface area contributed by atoms with Crippen molar-refractivity contribution in [3.05, 3.63) is 48.9 Å². The molecule has 3 heterocycles. The summed E-state index contributed by atoms with van der Waals surface area (Å²) in [5.74, 6) is 1.49. The second kappa shape index (κ2) is 7.26. The summed E-state index contributed by atoms with van der Waals surface area (Å²) < 4.78 is 0. The number of aromatic nitrogens is 2. The molecule has 0 bridgehead atoms. The maximum Gasteiger partial charge on any atom is 0.230 e. The van der Waals surface area contributed by atoms with E-state index in [-0.39, 0.29) is 11.9 Å². The van der Waals surface area contributed by atoms with Crippen molar-refractivity contribution in [1.82, 2.24) is 15.3 Å². The van der Waals surface area contributed by atoms with E-state index in [1.165, 1.54) is 11.8 Å². The van der Waals surface area contributed by atoms with Crippen LogP contribution >= 0.6 is 11.8 Å². The average molecular weight is 314 g/mol. The van der Waals surface area contributed by atoms with Crippen molar-refractivity contribution in [2.24, 2.45) is 0 Å². The van der Waals surface area contributed by atoms with Crippen LogP contribution in [0.4, 0.5) is 5.82 Å². The molecule has 2 aromatic heterocycles. The van der Waals surface area contributed by atoms with Gasteiger partial charge in [0.25, 0.3) is 0 Å². The third kappa shape index (κ3) is 3.98. The molecule has 6 heteroatoms. The Morgan fingerprint density at radius 1 is 1.27 bits per heavy atom. The lowest BCUT2D eigenvalue weighted by molar-refractivity contribution is -0.119. The van der Waals surface area contributed by atoms with Crippen LogP contribution in [0.2, 0.25) is 0 Å². The molecule has 0 spiro atoms. The Kier molecular flexibility index (Phi) is 4.90. The minimum atomic E-state index is 0.0784. The van der Waals surface area contributed by atoms with Gasteiger partial charge in [0, 0.05) is 42.6 Å². The first-order chi connectivity index (χ1) is 10.8. The molecule has 0 aromatic carbocycles. The van der Waals surface area contributed by atoms with Crippen molar-refractivity contribution >= 4 is 23.5 Å². The molecule has 1 N–H and O–H groups in total. The molecule has 0 aliphatic carbocycles. The largest absolute Gasteiger partial charge is 0.354 e. The summed E-state index contributed by atoms with van der Waals surface area (Å²) in [6.07, 6.45) is 6.23. The van der Waals surface area contributed by atoms with Crippen LogP contribution in [-0.4, -0.2) is 40.8 Å². The zero-order valence-corrected chi connectivity index (χ0v) is 13.0. The molecule has 1 fully saturated rings. The van der Waals surface area contributed by atoms with Crippen LogP contribution in [-0.2, 0) is 4.79 Å². The molecule has 1 aliphatic heterocycles. The SMILES string of the molecule is O=C(CSc1ccncc1)N[C@@H]1CCN(c2ccccn2)C1. The average Bonchev–Trinajstić information content (AvgIpc) is 3.03. The summed E-state index contributed by atoms with van der Waals surface area (Å²) in [6.45, 7) is 1.75. The lowest BCUT2D eigenvalue weighted by Crippen LogP contribution is -2.38. The minimum Gasteiger partial charge on any atom is -0.354 e. The van der Waals surface area contributed by atoms with E-state index < -0.39 is 0 Å². The van der Waals surface area contributed by atoms with E-state index in [0.29, 0.717) is 5.75 Å². The maximum atomic E-state index is 12.0. The molecular weight excluding hydrogens is 296 g/mol. The molecule has 1 amide bonds. The van der Waals surface area contributed by atoms with Crippen molar-refractivity contribution in [3.63, 3.8) is 0 Å². The molecule has 2 aromatic rings. The van der Waals surface area contributed by atoms with Gasteiger partial charge in [0.2, 0.25) is 5.91 Å². The van der Waals surface area contributed by atoms with E-state index in [9.17, 15) is 4.79 Å². The minimum absolute atomic E-state index is 0.0784. The Morgan fingerprint density at radius 3 is 2.91 bits per heavy atom. The van der Waals surface area contributed by atoms with Gasteiger partial charge in [-0.3, -0.25) is 9.78 Å². The highest BCUT2D eigenvalue weighted by atomic mass is 32.2. The zero-order valence-electron chi connectivity index (χ0n) is 12.2. The first-order valence-corrected chi connectivity index (χ1v) is 8.28. The number of carbonyl (C=O) groups excluding carboxylic acids is 1. The molecule has 1 atom stereocenters. The van der Waals surface area contributed by atoms with Gasteiger partial charge in [-0.2, -0.15) is 0 Å². The number of hydrogen-bond donors (Lipinski definition) is 1. The fourth-order valence-electron chi connectivity index (χ4n) is 2.48. The highest BCUT2D eigenvalue weighted by Crippen LogP contribution is 2.18. The number of amides is 1. The van der Waals surface area contributed by atoms with Crippen molar-refractivity contribution < 1.29 is 4.79 Å². The number of hydrogen-bond acceptors (Lipinski definition) is 5. The summed E-state index contributed by atoms with van der Waals surface area (Å²) in [6, 6.07) is 9.93. The van der Waals surface area contributed by atoms with Crippen LogP contribution < -0.4 is 10.2 Å². The molecule has 0 saturated carbocycles. The van der Waals surface area contributed by atoms with Crippen LogP contribution in [0.15, 0.2) is 53.8 Å². The topological polar surface area (TPSA) is 58.1 Å². The molecule has 1 aliphatic rings. The summed E-state index contributed by atoms with van der Waals surface area (Å²) in [4.78, 5) is 23.6. The summed E-state index contributed by atoms with van der Waals surface area (Å²) in [5, 5.41) is 3.10. The van der Waals surface area contributed by atoms with Crippen LogP contribution in [0.25, 0.3) is 0 Å². The molecule has 114 valence electrons. The maximum absolute atomic E-state index is 12.0. The second-order valence-electron chi connectivity index (χ2n) is 5.16. The Labute approximate surface area is 134 Å². The molecule has 3 rings (SSSR count). The number of nitrogens with zero attached hydrogens (tertiary/aromatic N) is 3. The van der Waals surface area contributed by atoms with Gasteiger partial charge >= 0.3 is 0 Å². The van der Waals surface area contributed by atoms with E-state index in [1.807, 2.05) is 30.3 Å². The number of pyridine rings is 2. The molecule has 0 radical (unpaired) electrons. The van der Waals surface area contributed by atoms with E-state index in [0.717, 1.165) is 30.2 Å². The predicted octanol–water partition coefficient (Wildman–Crippen LogP) is 1.96. The lowest BCUT2D eigenvalue weighted by atomic mass is 10.2. The smallest absolute Gasteiger partial charge is 0.230 e. The van der Waals surface area contributed by atoms with Gasteiger partial charge < -0.3 is 10.2 Å². The van der Waals surface area contributed by atoms with E-state index in [4.69, 9.17) is 0 Å². The van der Waals surface area contributed by atoms with Crippen molar-refractivity contribution in [2.45, 2.75) is 17.4 Å². The number of carbonyl (C=O) groups is 1. The summed E-state index contributed by atoms with van der Waals surface area (Å²) in [7, 11) is 0. The van der Waals surface area contributed by atoms with Gasteiger partial charge in [0.05, 0.1) is 5.75 Å². The molecular formula is C16H18N4OS. The highest BCUT2D eigenvalue weighted by Gasteiger charge is 2.24. The van der Waals surface area contributed by atoms with Crippen LogP contribution in [0.5, 0.6) is 0 Å². The van der Waals surface area contributed by atoms with Gasteiger partial charge in [-0.05, 0) is 30.7 Å². The number of thioether (sulfide) groups is 1. The number of rotatable bonds is 5. The van der Waals surface area contributed by atoms with Crippen LogP contribution in [0.1, 0.15) is 6.42 Å². The molecule has 0 unspecified atom stereocenters. The van der Waals surface area contributed by atoms with E-state index >= 15 is 0 Å². The fraction of sp³-hybridized carbons (Fsp3) is 0.312. The van der Waals surface area contributed by atoms with Gasteiger partial charge in [-0.25, -0.2) is 4.98 Å². The third-order valence-corrected chi connectivity index (χ3v) is 4.56. The van der Waals surface area contributed by atoms with Gasteiger partial charge in [-0.15, -0.1) is 11.8 Å². The monoisotopic (exact) mass is 314 g/mol. The van der Waals surface area contributed by atoms with Crippen molar-refractivity contribution in [3.8, 4) is 0 Å². The Morgan fingerprint density at radius 2 is 2.14 bits per heavy atom. The third-order valence-electron chi connectivity index (χ3n) is 3.55. The van der Waals surface area contributed by atoms with E-state index in [2.05, 4.69) is 20.2 Å². The molecule has 22 heavy (non-hydrogen) atoms. The van der Waals surface area contributed by atoms with Gasteiger partial charge in [0.1, 0.15) is 5.82 Å². The Hall–Kier alpha value is -2.08. The van der Waals surface area contributed by atoms with Crippen molar-refractivity contribution in [2.75, 3.05) is 23.7 Å². The molecule has 1 saturated heterocycles. The highest BCUT2D eigenvalue weighted by molar-refractivity contribution is 8.00. The van der Waals surface area contributed by atoms with E-state index in [1.54, 1.807) is 18.6 Å². The Bertz CT molecular complexity index is 608. The van der Waals surface area contributed by atoms with Crippen molar-refractivity contribution in [1.29, 1.82) is 0 Å². The first-order valence-electron chi connectivity index (χ1n) is 7.29. The first kappa shape index (κ1) is 14.8. The second-order valence-corrected chi connectivity index (χ2v) is 6.21. The lowest BCUT2D eigenvalue weighted by Gasteiger charge is -2.17. The Balaban J connectivity index is 1.45. The standard InChI is InChI=1S/C16H18N4OS/c21-16(12-22-14-4-8-17-9-5-14)19-13-6-10-20(11-13)15-3-1-2-7-18-15/h1-5,7-9,13H,6,10-12H2,(H,19,21)/t13-/m1/s1. The van der Waals surface area contributed by atoms with Gasteiger partial charge in [-0.1, -0.05) is 6.07 Å².